The molecule has 0 spiro atoms. The van der Waals surface area contributed by atoms with E-state index in [0.29, 0.717) is 12.0 Å². The van der Waals surface area contributed by atoms with Crippen LogP contribution in [0, 0.1) is 5.92 Å². The molecule has 13 heavy (non-hydrogen) atoms. The Kier molecular flexibility index (Phi) is 2.57. The van der Waals surface area contributed by atoms with Crippen LogP contribution in [0.1, 0.15) is 18.2 Å². The van der Waals surface area contributed by atoms with Crippen LogP contribution in [0.5, 0.6) is 0 Å². The maximum Gasteiger partial charge on any atom is 0.0930 e. The third-order valence-electron chi connectivity index (χ3n) is 2.76. The van der Waals surface area contributed by atoms with Gasteiger partial charge in [0.05, 0.1) is 11.7 Å². The molecule has 0 amide bonds. The molecule has 0 aliphatic carbocycles. The summed E-state index contributed by atoms with van der Waals surface area (Å²) >= 11 is 1.41. The van der Waals surface area contributed by atoms with Crippen molar-refractivity contribution in [3.63, 3.8) is 0 Å². The first-order chi connectivity index (χ1) is 6.33. The molecule has 0 aromatic carbocycles. The highest BCUT2D eigenvalue weighted by Crippen LogP contribution is 2.34. The Morgan fingerprint density at radius 3 is 3.23 bits per heavy atom. The van der Waals surface area contributed by atoms with Crippen molar-refractivity contribution in [2.75, 3.05) is 20.1 Å². The van der Waals surface area contributed by atoms with E-state index >= 15 is 0 Å². The lowest BCUT2D eigenvalue weighted by Crippen LogP contribution is -2.25. The molecule has 2 heterocycles. The van der Waals surface area contributed by atoms with Gasteiger partial charge in [-0.25, -0.2) is 0 Å². The molecule has 0 radical (unpaired) electrons. The van der Waals surface area contributed by atoms with Crippen molar-refractivity contribution in [2.24, 2.45) is 11.7 Å². The summed E-state index contributed by atoms with van der Waals surface area (Å²) in [5.74, 6) is 0.550. The van der Waals surface area contributed by atoms with E-state index in [-0.39, 0.29) is 0 Å². The molecule has 1 aromatic heterocycles. The summed E-state index contributed by atoms with van der Waals surface area (Å²) in [6, 6.07) is 0.392. The van der Waals surface area contributed by atoms with Crippen molar-refractivity contribution in [3.05, 3.63) is 11.1 Å². The van der Waals surface area contributed by atoms with Crippen molar-refractivity contribution in [2.45, 2.75) is 12.5 Å². The highest BCUT2D eigenvalue weighted by Gasteiger charge is 2.33. The van der Waals surface area contributed by atoms with E-state index in [1.807, 2.05) is 5.38 Å². The first-order valence-electron chi connectivity index (χ1n) is 4.50. The molecule has 1 fully saturated rings. The van der Waals surface area contributed by atoms with Gasteiger partial charge in [-0.1, -0.05) is 4.49 Å². The van der Waals surface area contributed by atoms with E-state index in [4.69, 9.17) is 5.73 Å². The number of rotatable bonds is 2. The Morgan fingerprint density at radius 1 is 1.77 bits per heavy atom. The number of hydrogen-bond donors (Lipinski definition) is 1. The fourth-order valence-corrected chi connectivity index (χ4v) is 2.52. The molecule has 5 heteroatoms. The van der Waals surface area contributed by atoms with E-state index in [0.717, 1.165) is 18.8 Å². The molecule has 1 saturated heterocycles. The van der Waals surface area contributed by atoms with E-state index in [1.54, 1.807) is 0 Å². The monoisotopic (exact) mass is 198 g/mol. The fraction of sp³-hybridized carbons (Fsp3) is 0.750. The van der Waals surface area contributed by atoms with Crippen LogP contribution in [-0.4, -0.2) is 34.6 Å². The van der Waals surface area contributed by atoms with E-state index < -0.39 is 0 Å². The molecule has 2 rings (SSSR count). The average Bonchev–Trinajstić information content (AvgIpc) is 2.72. The lowest BCUT2D eigenvalue weighted by Gasteiger charge is -2.21. The number of aromatic nitrogens is 2. The Bertz CT molecular complexity index is 261. The van der Waals surface area contributed by atoms with Crippen LogP contribution in [-0.2, 0) is 0 Å². The van der Waals surface area contributed by atoms with Crippen LogP contribution in [0.25, 0.3) is 0 Å². The molecule has 1 aliphatic heterocycles. The quantitative estimate of drug-likeness (QED) is 0.751. The molecular formula is C8H14N4S. The third kappa shape index (κ3) is 1.59. The molecule has 1 aromatic rings. The van der Waals surface area contributed by atoms with Crippen LogP contribution in [0.15, 0.2) is 5.38 Å². The fourth-order valence-electron chi connectivity index (χ4n) is 2.04. The predicted octanol–water partition coefficient (Wildman–Crippen LogP) is 0.490. The van der Waals surface area contributed by atoms with Crippen LogP contribution in [0.3, 0.4) is 0 Å². The Balaban J connectivity index is 2.20. The van der Waals surface area contributed by atoms with Gasteiger partial charge in [0.2, 0.25) is 0 Å². The molecule has 1 aliphatic rings. The van der Waals surface area contributed by atoms with Crippen molar-refractivity contribution in [1.29, 1.82) is 0 Å². The number of likely N-dealkylation sites (tertiary alicyclic amines) is 1. The van der Waals surface area contributed by atoms with Gasteiger partial charge in [-0.15, -0.1) is 5.10 Å². The molecular weight excluding hydrogens is 184 g/mol. The summed E-state index contributed by atoms with van der Waals surface area (Å²) in [6.07, 6.45) is 1.18. The summed E-state index contributed by atoms with van der Waals surface area (Å²) in [7, 11) is 2.12. The van der Waals surface area contributed by atoms with Gasteiger partial charge in [0.25, 0.3) is 0 Å². The minimum absolute atomic E-state index is 0.392. The van der Waals surface area contributed by atoms with Crippen LogP contribution >= 0.6 is 11.5 Å². The molecule has 2 atom stereocenters. The van der Waals surface area contributed by atoms with E-state index in [1.165, 1.54) is 18.0 Å². The number of nitrogens with two attached hydrogens (primary N) is 1. The summed E-state index contributed by atoms with van der Waals surface area (Å²) in [4.78, 5) is 2.31. The number of nitrogens with zero attached hydrogens (tertiary/aromatic N) is 3. The Hall–Kier alpha value is -0.520. The van der Waals surface area contributed by atoms with Crippen molar-refractivity contribution in [3.8, 4) is 0 Å². The summed E-state index contributed by atoms with van der Waals surface area (Å²) in [6.45, 7) is 1.86. The molecule has 2 N–H and O–H groups in total. The van der Waals surface area contributed by atoms with Gasteiger partial charge < -0.3 is 5.73 Å². The lowest BCUT2D eigenvalue weighted by atomic mass is 9.99. The van der Waals surface area contributed by atoms with Crippen LogP contribution in [0.2, 0.25) is 0 Å². The lowest BCUT2D eigenvalue weighted by molar-refractivity contribution is 0.273. The zero-order valence-corrected chi connectivity index (χ0v) is 8.50. The molecule has 4 nitrogen and oxygen atoms in total. The largest absolute Gasteiger partial charge is 0.330 e. The summed E-state index contributed by atoms with van der Waals surface area (Å²) < 4.78 is 3.89. The van der Waals surface area contributed by atoms with Crippen LogP contribution in [0.4, 0.5) is 0 Å². The maximum absolute atomic E-state index is 5.72. The molecule has 72 valence electrons. The molecule has 0 bridgehead atoms. The first kappa shape index (κ1) is 9.05. The first-order valence-corrected chi connectivity index (χ1v) is 5.34. The highest BCUT2D eigenvalue weighted by atomic mass is 32.1. The van der Waals surface area contributed by atoms with Gasteiger partial charge in [0.1, 0.15) is 0 Å². The third-order valence-corrected chi connectivity index (χ3v) is 3.28. The predicted molar refractivity (Wildman–Crippen MR) is 52.4 cm³/mol. The van der Waals surface area contributed by atoms with Gasteiger partial charge in [-0.2, -0.15) is 0 Å². The summed E-state index contributed by atoms with van der Waals surface area (Å²) in [5.41, 5.74) is 6.80. The van der Waals surface area contributed by atoms with Crippen molar-refractivity contribution >= 4 is 11.5 Å². The average molecular weight is 198 g/mol. The topological polar surface area (TPSA) is 55.0 Å². The zero-order chi connectivity index (χ0) is 9.26. The van der Waals surface area contributed by atoms with Crippen molar-refractivity contribution in [1.82, 2.24) is 14.5 Å². The SMILES string of the molecule is CN1CCC(CN)C1c1csnn1. The van der Waals surface area contributed by atoms with E-state index in [9.17, 15) is 0 Å². The maximum atomic E-state index is 5.72. The molecule has 0 saturated carbocycles. The zero-order valence-electron chi connectivity index (χ0n) is 7.68. The second kappa shape index (κ2) is 3.69. The van der Waals surface area contributed by atoms with Crippen molar-refractivity contribution < 1.29 is 0 Å². The van der Waals surface area contributed by atoms with Gasteiger partial charge in [0.15, 0.2) is 0 Å². The minimum Gasteiger partial charge on any atom is -0.330 e. The van der Waals surface area contributed by atoms with Gasteiger partial charge in [0, 0.05) is 5.38 Å². The summed E-state index contributed by atoms with van der Waals surface area (Å²) in [5, 5.41) is 6.14. The molecule has 2 unspecified atom stereocenters. The van der Waals surface area contributed by atoms with E-state index in [2.05, 4.69) is 21.5 Å². The van der Waals surface area contributed by atoms with Gasteiger partial charge in [-0.05, 0) is 44.0 Å². The second-order valence-electron chi connectivity index (χ2n) is 3.54. The Labute approximate surface area is 81.9 Å². The standard InChI is InChI=1S/C8H14N4S/c1-12-3-2-6(4-9)8(12)7-5-13-11-10-7/h5-6,8H,2-4,9H2,1H3. The van der Waals surface area contributed by atoms with Gasteiger partial charge >= 0.3 is 0 Å². The normalized spacial score (nSPS) is 29.7. The van der Waals surface area contributed by atoms with Gasteiger partial charge in [-0.3, -0.25) is 4.90 Å². The smallest absolute Gasteiger partial charge is 0.0930 e. The number of hydrogen-bond acceptors (Lipinski definition) is 5. The van der Waals surface area contributed by atoms with Crippen LogP contribution < -0.4 is 5.73 Å². The Morgan fingerprint density at radius 2 is 2.62 bits per heavy atom. The highest BCUT2D eigenvalue weighted by molar-refractivity contribution is 7.03. The minimum atomic E-state index is 0.392. The second-order valence-corrected chi connectivity index (χ2v) is 4.15.